The van der Waals surface area contributed by atoms with Crippen LogP contribution >= 0.6 is 7.26 Å². The van der Waals surface area contributed by atoms with Gasteiger partial charge in [0.25, 0.3) is 0 Å². The molecule has 32 heavy (non-hydrogen) atoms. The third-order valence-corrected chi connectivity index (χ3v) is 9.41. The standard InChI is InChI=1S/C26H23NO3P.BrH/c1-2-18-29-26(28)25-19-21(30-27-25)20-31(22-12-6-3-7-13-22,23-14-8-4-9-15-23)24-16-10-5-11-17-24;/h2-17,19H,1,18,20H2;1H/q+1;/p-1. The van der Waals surface area contributed by atoms with E-state index < -0.39 is 13.2 Å². The summed E-state index contributed by atoms with van der Waals surface area (Å²) in [4.78, 5) is 12.2. The number of carbonyl (C=O) groups is 1. The van der Waals surface area contributed by atoms with Crippen molar-refractivity contribution in [3.8, 4) is 0 Å². The van der Waals surface area contributed by atoms with Gasteiger partial charge in [-0.1, -0.05) is 72.4 Å². The lowest BCUT2D eigenvalue weighted by Crippen LogP contribution is -3.00. The lowest BCUT2D eigenvalue weighted by molar-refractivity contribution is -0.0000236. The van der Waals surface area contributed by atoms with E-state index in [0.29, 0.717) is 11.9 Å². The van der Waals surface area contributed by atoms with Crippen molar-refractivity contribution in [2.24, 2.45) is 0 Å². The van der Waals surface area contributed by atoms with Gasteiger partial charge in [0.05, 0.1) is 0 Å². The highest BCUT2D eigenvalue weighted by Gasteiger charge is 2.46. The average Bonchev–Trinajstić information content (AvgIpc) is 3.31. The van der Waals surface area contributed by atoms with Crippen molar-refractivity contribution in [1.82, 2.24) is 5.16 Å². The minimum Gasteiger partial charge on any atom is -1.00 e. The zero-order valence-corrected chi connectivity index (χ0v) is 19.9. The molecule has 4 nitrogen and oxygen atoms in total. The maximum atomic E-state index is 12.2. The van der Waals surface area contributed by atoms with Gasteiger partial charge in [-0.15, -0.1) is 0 Å². The average molecular weight is 508 g/mol. The number of aromatic nitrogens is 1. The van der Waals surface area contributed by atoms with Gasteiger partial charge in [-0.2, -0.15) is 0 Å². The first-order valence-corrected chi connectivity index (χ1v) is 12.0. The molecule has 0 fully saturated rings. The van der Waals surface area contributed by atoms with Crippen LogP contribution in [0, 0.1) is 0 Å². The smallest absolute Gasteiger partial charge is 0.360 e. The van der Waals surface area contributed by atoms with Crippen molar-refractivity contribution in [3.05, 3.63) is 121 Å². The van der Waals surface area contributed by atoms with Crippen LogP contribution in [0.3, 0.4) is 0 Å². The molecule has 0 aliphatic carbocycles. The topological polar surface area (TPSA) is 52.3 Å². The van der Waals surface area contributed by atoms with Crippen molar-refractivity contribution in [3.63, 3.8) is 0 Å². The van der Waals surface area contributed by atoms with E-state index in [2.05, 4.69) is 84.5 Å². The van der Waals surface area contributed by atoms with E-state index in [1.807, 2.05) is 18.2 Å². The first-order chi connectivity index (χ1) is 15.2. The summed E-state index contributed by atoms with van der Waals surface area (Å²) < 4.78 is 10.7. The number of carbonyl (C=O) groups excluding carboxylic acids is 1. The fourth-order valence-electron chi connectivity index (χ4n) is 3.69. The molecule has 4 rings (SSSR count). The Hall–Kier alpha value is -3.01. The fraction of sp³-hybridized carbons (Fsp3) is 0.0769. The second-order valence-corrected chi connectivity index (χ2v) is 10.5. The van der Waals surface area contributed by atoms with Gasteiger partial charge in [-0.05, 0) is 36.4 Å². The van der Waals surface area contributed by atoms with Gasteiger partial charge in [0.1, 0.15) is 35.9 Å². The first kappa shape index (κ1) is 23.6. The predicted molar refractivity (Wildman–Crippen MR) is 126 cm³/mol. The summed E-state index contributed by atoms with van der Waals surface area (Å²) in [6.45, 7) is 3.70. The molecule has 6 heteroatoms. The third kappa shape index (κ3) is 4.90. The van der Waals surface area contributed by atoms with Crippen molar-refractivity contribution >= 4 is 29.1 Å². The number of hydrogen-bond acceptors (Lipinski definition) is 4. The van der Waals surface area contributed by atoms with E-state index in [-0.39, 0.29) is 29.3 Å². The first-order valence-electron chi connectivity index (χ1n) is 10.0. The predicted octanol–water partition coefficient (Wildman–Crippen LogP) is 1.52. The maximum absolute atomic E-state index is 12.2. The second-order valence-electron chi connectivity index (χ2n) is 7.04. The Morgan fingerprint density at radius 2 is 1.34 bits per heavy atom. The Morgan fingerprint density at radius 3 is 1.78 bits per heavy atom. The Balaban J connectivity index is 0.00000289. The van der Waals surface area contributed by atoms with Crippen LogP contribution < -0.4 is 32.9 Å². The molecule has 0 amide bonds. The summed E-state index contributed by atoms with van der Waals surface area (Å²) in [7, 11) is -2.12. The number of nitrogens with zero attached hydrogens (tertiary/aromatic N) is 1. The number of hydrogen-bond donors (Lipinski definition) is 0. The van der Waals surface area contributed by atoms with Crippen molar-refractivity contribution in [1.29, 1.82) is 0 Å². The molecule has 1 aromatic heterocycles. The quantitative estimate of drug-likeness (QED) is 0.206. The summed E-state index contributed by atoms with van der Waals surface area (Å²) in [5.41, 5.74) is 0.170. The van der Waals surface area contributed by atoms with Gasteiger partial charge in [0, 0.05) is 6.07 Å². The van der Waals surface area contributed by atoms with Crippen LogP contribution in [0.1, 0.15) is 16.2 Å². The molecule has 1 heterocycles. The van der Waals surface area contributed by atoms with E-state index in [4.69, 9.17) is 9.26 Å². The molecular weight excluding hydrogens is 485 g/mol. The molecule has 0 radical (unpaired) electrons. The van der Waals surface area contributed by atoms with Gasteiger partial charge in [-0.3, -0.25) is 0 Å². The van der Waals surface area contributed by atoms with E-state index in [9.17, 15) is 4.79 Å². The molecule has 0 atom stereocenters. The van der Waals surface area contributed by atoms with Crippen molar-refractivity contribution in [2.75, 3.05) is 6.61 Å². The van der Waals surface area contributed by atoms with Gasteiger partial charge in [-0.25, -0.2) is 4.79 Å². The Kier molecular flexibility index (Phi) is 8.15. The minimum absolute atomic E-state index is 0. The third-order valence-electron chi connectivity index (χ3n) is 5.08. The summed E-state index contributed by atoms with van der Waals surface area (Å²) in [5.74, 6) is 0.133. The summed E-state index contributed by atoms with van der Waals surface area (Å²) in [5, 5.41) is 7.68. The molecule has 0 saturated heterocycles. The molecule has 0 N–H and O–H groups in total. The number of rotatable bonds is 8. The number of benzene rings is 3. The maximum Gasteiger partial charge on any atom is 0.360 e. The van der Waals surface area contributed by atoms with Crippen molar-refractivity contribution in [2.45, 2.75) is 6.16 Å². The van der Waals surface area contributed by atoms with Crippen LogP contribution in [0.15, 0.2) is 114 Å². The molecular formula is C26H23BrNO3P. The molecule has 4 aromatic rings. The molecule has 0 bridgehead atoms. The zero-order valence-electron chi connectivity index (χ0n) is 17.4. The van der Waals surface area contributed by atoms with Gasteiger partial charge >= 0.3 is 5.97 Å². The van der Waals surface area contributed by atoms with Gasteiger partial charge in [0.15, 0.2) is 11.5 Å². The highest BCUT2D eigenvalue weighted by molar-refractivity contribution is 7.95. The van der Waals surface area contributed by atoms with E-state index in [1.165, 1.54) is 22.0 Å². The van der Waals surface area contributed by atoms with E-state index in [0.717, 1.165) is 0 Å². The van der Waals surface area contributed by atoms with Gasteiger partial charge in [0.2, 0.25) is 0 Å². The Bertz CT molecular complexity index is 1050. The van der Waals surface area contributed by atoms with Crippen LogP contribution in [-0.2, 0) is 10.9 Å². The number of esters is 1. The van der Waals surface area contributed by atoms with Crippen LogP contribution in [-0.4, -0.2) is 17.7 Å². The van der Waals surface area contributed by atoms with Crippen LogP contribution in [0.2, 0.25) is 0 Å². The largest absolute Gasteiger partial charge is 1.00 e. The lowest BCUT2D eigenvalue weighted by Gasteiger charge is -2.26. The number of halogens is 1. The molecule has 0 spiro atoms. The molecule has 162 valence electrons. The monoisotopic (exact) mass is 507 g/mol. The van der Waals surface area contributed by atoms with Crippen molar-refractivity contribution < 1.29 is 31.0 Å². The van der Waals surface area contributed by atoms with E-state index in [1.54, 1.807) is 6.07 Å². The highest BCUT2D eigenvalue weighted by atomic mass is 79.9. The minimum atomic E-state index is -2.12. The summed E-state index contributed by atoms with van der Waals surface area (Å²) in [6.07, 6.45) is 2.13. The normalized spacial score (nSPS) is 10.8. The molecule has 3 aromatic carbocycles. The molecule has 0 unspecified atom stereocenters. The zero-order chi connectivity index (χ0) is 21.5. The Morgan fingerprint density at radius 1 is 0.875 bits per heavy atom. The summed E-state index contributed by atoms with van der Waals surface area (Å²) >= 11 is 0. The highest BCUT2D eigenvalue weighted by Crippen LogP contribution is 2.58. The number of ether oxygens (including phenoxy) is 1. The lowest BCUT2D eigenvalue weighted by atomic mass is 10.3. The Labute approximate surface area is 199 Å². The van der Waals surface area contributed by atoms with E-state index >= 15 is 0 Å². The molecule has 0 aliphatic rings. The van der Waals surface area contributed by atoms with Gasteiger partial charge < -0.3 is 26.2 Å². The van der Waals surface area contributed by atoms with Crippen LogP contribution in [0.4, 0.5) is 0 Å². The second kappa shape index (κ2) is 11.0. The van der Waals surface area contributed by atoms with Crippen LogP contribution in [0.25, 0.3) is 0 Å². The van der Waals surface area contributed by atoms with Crippen LogP contribution in [0.5, 0.6) is 0 Å². The molecule has 0 saturated carbocycles. The molecule has 0 aliphatic heterocycles. The summed E-state index contributed by atoms with van der Waals surface area (Å²) in [6, 6.07) is 33.2. The SMILES string of the molecule is C=CCOC(=O)c1cc(C[P+](c2ccccc2)(c2ccccc2)c2ccccc2)on1.[Br-]. The fourth-order valence-corrected chi connectivity index (χ4v) is 7.80.